The number of fused-ring (bicyclic) bond motifs is 2. The van der Waals surface area contributed by atoms with Gasteiger partial charge in [0.2, 0.25) is 0 Å². The van der Waals surface area contributed by atoms with Crippen molar-refractivity contribution < 1.29 is 14.3 Å². The first kappa shape index (κ1) is 20.9. The van der Waals surface area contributed by atoms with Crippen molar-refractivity contribution in [3.05, 3.63) is 68.3 Å². The number of rotatable bonds is 4. The molecule has 0 bridgehead atoms. The summed E-state index contributed by atoms with van der Waals surface area (Å²) in [5.74, 6) is -1.10. The van der Waals surface area contributed by atoms with Gasteiger partial charge in [0, 0.05) is 16.1 Å². The molecule has 1 amide bonds. The van der Waals surface area contributed by atoms with Crippen LogP contribution in [0.3, 0.4) is 0 Å². The van der Waals surface area contributed by atoms with Crippen LogP contribution in [0.4, 0.5) is 5.69 Å². The Morgan fingerprint density at radius 2 is 1.73 bits per heavy atom. The molecule has 1 aliphatic carbocycles. The van der Waals surface area contributed by atoms with Gasteiger partial charge in [-0.15, -0.1) is 0 Å². The largest absolute Gasteiger partial charge is 0.452 e. The number of hydrogen-bond acceptors (Lipinski definition) is 4. The minimum Gasteiger partial charge on any atom is -0.452 e. The average Bonchev–Trinajstić information content (AvgIpc) is 2.72. The molecule has 30 heavy (non-hydrogen) atoms. The maximum Gasteiger partial charge on any atom is 0.339 e. The van der Waals surface area contributed by atoms with E-state index in [1.165, 1.54) is 12.1 Å². The molecule has 1 N–H and O–H groups in total. The molecule has 8 heteroatoms. The van der Waals surface area contributed by atoms with Crippen LogP contribution in [0.15, 0.2) is 36.4 Å². The third kappa shape index (κ3) is 4.24. The maximum atomic E-state index is 13.0. The summed E-state index contributed by atoms with van der Waals surface area (Å²) in [7, 11) is 0. The number of aromatic nitrogens is 1. The second-order valence-corrected chi connectivity index (χ2v) is 8.26. The second-order valence-electron chi connectivity index (χ2n) is 7.01. The van der Waals surface area contributed by atoms with Crippen molar-refractivity contribution in [3.8, 4) is 0 Å². The number of benzene rings is 2. The second kappa shape index (κ2) is 8.80. The topological polar surface area (TPSA) is 68.3 Å². The van der Waals surface area contributed by atoms with Crippen LogP contribution in [0.2, 0.25) is 15.1 Å². The molecule has 1 heterocycles. The number of aryl methyl sites for hydroxylation is 1. The molecule has 1 aromatic heterocycles. The Bertz CT molecular complexity index is 1140. The van der Waals surface area contributed by atoms with Gasteiger partial charge in [-0.05, 0) is 49.4 Å². The average molecular weight is 464 g/mol. The van der Waals surface area contributed by atoms with Crippen LogP contribution in [0.1, 0.15) is 34.5 Å². The summed E-state index contributed by atoms with van der Waals surface area (Å²) >= 11 is 18.0. The molecule has 2 aromatic carbocycles. The minimum atomic E-state index is -0.554. The number of hydrogen-bond donors (Lipinski definition) is 1. The van der Waals surface area contributed by atoms with Crippen LogP contribution < -0.4 is 5.32 Å². The van der Waals surface area contributed by atoms with Gasteiger partial charge in [0.15, 0.2) is 6.61 Å². The minimum absolute atomic E-state index is 0.196. The van der Waals surface area contributed by atoms with E-state index in [1.807, 2.05) is 24.3 Å². The number of ether oxygens (including phenoxy) is 1. The molecule has 3 aromatic rings. The first-order chi connectivity index (χ1) is 14.4. The zero-order valence-electron chi connectivity index (χ0n) is 15.8. The molecule has 0 unspecified atom stereocenters. The zero-order valence-corrected chi connectivity index (χ0v) is 18.1. The number of halogens is 3. The Hall–Kier alpha value is -2.34. The smallest absolute Gasteiger partial charge is 0.339 e. The SMILES string of the molecule is O=C(COC(=O)c1c2c(nc3ccccc13)CCCC2)Nc1c(Cl)cc(Cl)cc1Cl. The lowest BCUT2D eigenvalue weighted by Gasteiger charge is -2.20. The lowest BCUT2D eigenvalue weighted by atomic mass is 9.90. The van der Waals surface area contributed by atoms with Crippen LogP contribution in [0, 0.1) is 0 Å². The van der Waals surface area contributed by atoms with Crippen molar-refractivity contribution in [2.45, 2.75) is 25.7 Å². The van der Waals surface area contributed by atoms with Gasteiger partial charge in [-0.1, -0.05) is 53.0 Å². The number of carbonyl (C=O) groups excluding carboxylic acids is 2. The molecule has 0 saturated heterocycles. The van der Waals surface area contributed by atoms with Gasteiger partial charge in [0.25, 0.3) is 5.91 Å². The predicted octanol–water partition coefficient (Wildman–Crippen LogP) is 5.87. The molecule has 0 spiro atoms. The number of nitrogens with one attached hydrogen (secondary N) is 1. The van der Waals surface area contributed by atoms with E-state index >= 15 is 0 Å². The summed E-state index contributed by atoms with van der Waals surface area (Å²) in [5, 5.41) is 4.03. The molecular formula is C22H17Cl3N2O3. The van der Waals surface area contributed by atoms with Crippen LogP contribution >= 0.6 is 34.8 Å². The number of para-hydroxylation sites is 1. The number of pyridine rings is 1. The number of nitrogens with zero attached hydrogens (tertiary/aromatic N) is 1. The van der Waals surface area contributed by atoms with Gasteiger partial charge >= 0.3 is 5.97 Å². The van der Waals surface area contributed by atoms with Crippen LogP contribution in [0.25, 0.3) is 10.9 Å². The molecule has 0 radical (unpaired) electrons. The van der Waals surface area contributed by atoms with E-state index in [4.69, 9.17) is 44.5 Å². The molecule has 0 atom stereocenters. The summed E-state index contributed by atoms with van der Waals surface area (Å²) in [6, 6.07) is 10.4. The number of carbonyl (C=O) groups is 2. The van der Waals surface area contributed by atoms with Crippen molar-refractivity contribution in [3.63, 3.8) is 0 Å². The number of amides is 1. The number of anilines is 1. The van der Waals surface area contributed by atoms with Gasteiger partial charge in [0.1, 0.15) is 0 Å². The third-order valence-electron chi connectivity index (χ3n) is 4.98. The van der Waals surface area contributed by atoms with E-state index in [9.17, 15) is 9.59 Å². The number of esters is 1. The molecule has 4 rings (SSSR count). The summed E-state index contributed by atoms with van der Waals surface area (Å²) in [6.07, 6.45) is 3.62. The Morgan fingerprint density at radius 1 is 1.03 bits per heavy atom. The summed E-state index contributed by atoms with van der Waals surface area (Å²) in [6.45, 7) is -0.473. The lowest BCUT2D eigenvalue weighted by Crippen LogP contribution is -2.23. The third-order valence-corrected chi connectivity index (χ3v) is 5.79. The zero-order chi connectivity index (χ0) is 21.3. The van der Waals surface area contributed by atoms with Crippen molar-refractivity contribution in [2.24, 2.45) is 0 Å². The fourth-order valence-corrected chi connectivity index (χ4v) is 4.56. The standard InChI is InChI=1S/C22H17Cl3N2O3/c23-12-9-15(24)21(16(25)10-12)27-19(28)11-30-22(29)20-13-5-1-3-7-17(13)26-18-8-4-2-6-14(18)20/h1,3,5,7,9-10H,2,4,6,8,11H2,(H,27,28). The summed E-state index contributed by atoms with van der Waals surface area (Å²) in [4.78, 5) is 30.0. The van der Waals surface area contributed by atoms with E-state index in [0.717, 1.165) is 47.8 Å². The van der Waals surface area contributed by atoms with Crippen LogP contribution in [0.5, 0.6) is 0 Å². The molecule has 5 nitrogen and oxygen atoms in total. The fourth-order valence-electron chi connectivity index (χ4n) is 3.65. The van der Waals surface area contributed by atoms with E-state index < -0.39 is 18.5 Å². The maximum absolute atomic E-state index is 13.0. The van der Waals surface area contributed by atoms with E-state index in [0.29, 0.717) is 10.6 Å². The summed E-state index contributed by atoms with van der Waals surface area (Å²) < 4.78 is 5.35. The highest BCUT2D eigenvalue weighted by atomic mass is 35.5. The van der Waals surface area contributed by atoms with Gasteiger partial charge in [-0.3, -0.25) is 9.78 Å². The molecule has 1 aliphatic rings. The quantitative estimate of drug-likeness (QED) is 0.491. The van der Waals surface area contributed by atoms with E-state index in [2.05, 4.69) is 5.32 Å². The fraction of sp³-hybridized carbons (Fsp3) is 0.227. The van der Waals surface area contributed by atoms with Gasteiger partial charge in [-0.2, -0.15) is 0 Å². The highest BCUT2D eigenvalue weighted by Gasteiger charge is 2.24. The molecular weight excluding hydrogens is 447 g/mol. The molecule has 0 fully saturated rings. The van der Waals surface area contributed by atoms with Crippen molar-refractivity contribution >= 4 is 63.3 Å². The normalized spacial score (nSPS) is 13.0. The first-order valence-electron chi connectivity index (χ1n) is 9.46. The molecule has 0 saturated carbocycles. The van der Waals surface area contributed by atoms with Gasteiger partial charge in [0.05, 0.1) is 26.8 Å². The van der Waals surface area contributed by atoms with Crippen LogP contribution in [-0.2, 0) is 22.4 Å². The van der Waals surface area contributed by atoms with Crippen molar-refractivity contribution in [2.75, 3.05) is 11.9 Å². The van der Waals surface area contributed by atoms with E-state index in [1.54, 1.807) is 0 Å². The monoisotopic (exact) mass is 462 g/mol. The molecule has 0 aliphatic heterocycles. The Morgan fingerprint density at radius 3 is 2.50 bits per heavy atom. The summed E-state index contributed by atoms with van der Waals surface area (Å²) in [5.41, 5.74) is 3.29. The Balaban J connectivity index is 1.55. The predicted molar refractivity (Wildman–Crippen MR) is 119 cm³/mol. The van der Waals surface area contributed by atoms with E-state index in [-0.39, 0.29) is 15.7 Å². The van der Waals surface area contributed by atoms with Gasteiger partial charge < -0.3 is 10.1 Å². The molecule has 154 valence electrons. The van der Waals surface area contributed by atoms with Gasteiger partial charge in [-0.25, -0.2) is 4.79 Å². The van der Waals surface area contributed by atoms with Crippen LogP contribution in [-0.4, -0.2) is 23.5 Å². The first-order valence-corrected chi connectivity index (χ1v) is 10.6. The Labute approximate surface area is 188 Å². The lowest BCUT2D eigenvalue weighted by molar-refractivity contribution is -0.119. The van der Waals surface area contributed by atoms with Crippen molar-refractivity contribution in [1.29, 1.82) is 0 Å². The Kier molecular flexibility index (Phi) is 6.14. The highest BCUT2D eigenvalue weighted by Crippen LogP contribution is 2.34. The van der Waals surface area contributed by atoms with Crippen molar-refractivity contribution in [1.82, 2.24) is 4.98 Å². The highest BCUT2D eigenvalue weighted by molar-refractivity contribution is 6.42.